The summed E-state index contributed by atoms with van der Waals surface area (Å²) < 4.78 is 5.21. The molecule has 6 heteroatoms. The lowest BCUT2D eigenvalue weighted by molar-refractivity contribution is 0.102. The Morgan fingerprint density at radius 2 is 1.73 bits per heavy atom. The first-order valence-corrected chi connectivity index (χ1v) is 8.20. The number of aromatic nitrogens is 2. The van der Waals surface area contributed by atoms with Crippen molar-refractivity contribution >= 4 is 17.5 Å². The first-order valence-electron chi connectivity index (χ1n) is 8.20. The highest BCUT2D eigenvalue weighted by atomic mass is 16.5. The third kappa shape index (κ3) is 4.16. The van der Waals surface area contributed by atoms with E-state index in [2.05, 4.69) is 27.6 Å². The molecule has 6 nitrogen and oxygen atoms in total. The molecule has 1 N–H and O–H groups in total. The molecule has 1 heterocycles. The Kier molecular flexibility index (Phi) is 5.43. The number of carbonyl (C=O) groups is 1. The van der Waals surface area contributed by atoms with Crippen LogP contribution >= 0.6 is 0 Å². The molecule has 3 rings (SSSR count). The number of nitrogens with zero attached hydrogens (tertiary/aromatic N) is 3. The Labute approximate surface area is 152 Å². The molecule has 1 amide bonds. The maximum absolute atomic E-state index is 12.4. The molecule has 3 aromatic rings. The van der Waals surface area contributed by atoms with E-state index < -0.39 is 0 Å². The van der Waals surface area contributed by atoms with Crippen LogP contribution in [0.15, 0.2) is 66.7 Å². The number of benzene rings is 2. The number of methoxy groups -OCH3 is 1. The fraction of sp³-hybridized carbons (Fsp3) is 0.150. The summed E-state index contributed by atoms with van der Waals surface area (Å²) in [4.78, 5) is 14.4. The molecule has 0 aliphatic heterocycles. The summed E-state index contributed by atoms with van der Waals surface area (Å²) in [6.07, 6.45) is 0. The molecule has 0 bridgehead atoms. The lowest BCUT2D eigenvalue weighted by Crippen LogP contribution is -2.19. The molecule has 0 saturated heterocycles. The molecule has 0 aliphatic rings. The van der Waals surface area contributed by atoms with Crippen LogP contribution in [-0.2, 0) is 6.54 Å². The van der Waals surface area contributed by atoms with E-state index in [1.807, 2.05) is 42.3 Å². The van der Waals surface area contributed by atoms with E-state index in [1.165, 1.54) is 12.7 Å². The minimum Gasteiger partial charge on any atom is -0.496 e. The number of amides is 1. The second kappa shape index (κ2) is 8.11. The number of nitrogens with one attached hydrogen (secondary N) is 1. The van der Waals surface area contributed by atoms with Gasteiger partial charge in [0.15, 0.2) is 11.6 Å². The van der Waals surface area contributed by atoms with Crippen LogP contribution < -0.4 is 15.0 Å². The summed E-state index contributed by atoms with van der Waals surface area (Å²) in [5.41, 5.74) is 1.63. The minimum atomic E-state index is -0.290. The molecule has 26 heavy (non-hydrogen) atoms. The fourth-order valence-corrected chi connectivity index (χ4v) is 2.55. The van der Waals surface area contributed by atoms with E-state index in [0.29, 0.717) is 17.1 Å². The number of hydrogen-bond donors (Lipinski definition) is 1. The van der Waals surface area contributed by atoms with Gasteiger partial charge < -0.3 is 15.0 Å². The number of rotatable bonds is 6. The monoisotopic (exact) mass is 348 g/mol. The van der Waals surface area contributed by atoms with Crippen LogP contribution in [0.25, 0.3) is 0 Å². The fourth-order valence-electron chi connectivity index (χ4n) is 2.55. The second-order valence-electron chi connectivity index (χ2n) is 5.77. The minimum absolute atomic E-state index is 0.290. The predicted molar refractivity (Wildman–Crippen MR) is 102 cm³/mol. The lowest BCUT2D eigenvalue weighted by atomic mass is 10.2. The summed E-state index contributed by atoms with van der Waals surface area (Å²) in [7, 11) is 3.48. The second-order valence-corrected chi connectivity index (χ2v) is 5.77. The summed E-state index contributed by atoms with van der Waals surface area (Å²) in [6.45, 7) is 0.725. The third-order valence-corrected chi connectivity index (χ3v) is 3.90. The van der Waals surface area contributed by atoms with Crippen molar-refractivity contribution in [3.63, 3.8) is 0 Å². The Bertz CT molecular complexity index is 866. The van der Waals surface area contributed by atoms with Gasteiger partial charge in [0.25, 0.3) is 5.91 Å². The summed E-state index contributed by atoms with van der Waals surface area (Å²) >= 11 is 0. The number of hydrogen-bond acceptors (Lipinski definition) is 5. The Hall–Kier alpha value is -3.41. The maximum Gasteiger partial charge on any atom is 0.260 e. The van der Waals surface area contributed by atoms with Gasteiger partial charge in [-0.25, -0.2) is 0 Å². The molecular formula is C20H20N4O2. The molecule has 132 valence electrons. The third-order valence-electron chi connectivity index (χ3n) is 3.90. The van der Waals surface area contributed by atoms with E-state index in [9.17, 15) is 4.79 Å². The SMILES string of the molecule is COc1ccccc1C(=O)Nc1ccc(N(C)Cc2ccccc2)nn1. The molecular weight excluding hydrogens is 328 g/mol. The summed E-state index contributed by atoms with van der Waals surface area (Å²) in [6, 6.07) is 20.7. The molecule has 0 spiro atoms. The largest absolute Gasteiger partial charge is 0.496 e. The van der Waals surface area contributed by atoms with Crippen LogP contribution in [0.1, 0.15) is 15.9 Å². The van der Waals surface area contributed by atoms with E-state index >= 15 is 0 Å². The normalized spacial score (nSPS) is 10.2. The number of anilines is 2. The molecule has 1 aromatic heterocycles. The summed E-state index contributed by atoms with van der Waals surface area (Å²) in [5, 5.41) is 11.0. The van der Waals surface area contributed by atoms with Crippen molar-refractivity contribution in [2.24, 2.45) is 0 Å². The predicted octanol–water partition coefficient (Wildman–Crippen LogP) is 3.37. The highest BCUT2D eigenvalue weighted by Crippen LogP contribution is 2.19. The smallest absolute Gasteiger partial charge is 0.260 e. The van der Waals surface area contributed by atoms with Gasteiger partial charge in [0.05, 0.1) is 12.7 Å². The van der Waals surface area contributed by atoms with Gasteiger partial charge >= 0.3 is 0 Å². The van der Waals surface area contributed by atoms with Crippen LogP contribution in [0.3, 0.4) is 0 Å². The van der Waals surface area contributed by atoms with Gasteiger partial charge in [0, 0.05) is 13.6 Å². The van der Waals surface area contributed by atoms with Gasteiger partial charge in [-0.2, -0.15) is 0 Å². The van der Waals surface area contributed by atoms with E-state index in [4.69, 9.17) is 4.74 Å². The molecule has 0 fully saturated rings. The Balaban J connectivity index is 1.66. The Morgan fingerprint density at radius 1 is 1.00 bits per heavy atom. The van der Waals surface area contributed by atoms with Crippen molar-refractivity contribution in [1.29, 1.82) is 0 Å². The molecule has 0 radical (unpaired) electrons. The van der Waals surface area contributed by atoms with Crippen LogP contribution in [0.4, 0.5) is 11.6 Å². The zero-order chi connectivity index (χ0) is 18.4. The van der Waals surface area contributed by atoms with Crippen molar-refractivity contribution in [2.75, 3.05) is 24.4 Å². The zero-order valence-corrected chi connectivity index (χ0v) is 14.7. The number of ether oxygens (including phenoxy) is 1. The summed E-state index contributed by atoms with van der Waals surface area (Å²) in [5.74, 6) is 1.33. The van der Waals surface area contributed by atoms with Gasteiger partial charge in [-0.3, -0.25) is 4.79 Å². The lowest BCUT2D eigenvalue weighted by Gasteiger charge is -2.17. The molecule has 0 unspecified atom stereocenters. The average Bonchev–Trinajstić information content (AvgIpc) is 2.69. The van der Waals surface area contributed by atoms with E-state index in [0.717, 1.165) is 12.4 Å². The van der Waals surface area contributed by atoms with Crippen LogP contribution in [0, 0.1) is 0 Å². The number of para-hydroxylation sites is 1. The molecule has 0 aliphatic carbocycles. The first-order chi connectivity index (χ1) is 12.7. The molecule has 0 atom stereocenters. The van der Waals surface area contributed by atoms with Gasteiger partial charge in [-0.05, 0) is 29.8 Å². The van der Waals surface area contributed by atoms with E-state index in [-0.39, 0.29) is 5.91 Å². The highest BCUT2D eigenvalue weighted by Gasteiger charge is 2.13. The number of carbonyl (C=O) groups excluding carboxylic acids is 1. The van der Waals surface area contributed by atoms with Crippen molar-refractivity contribution in [2.45, 2.75) is 6.54 Å². The van der Waals surface area contributed by atoms with Crippen LogP contribution in [0.5, 0.6) is 5.75 Å². The van der Waals surface area contributed by atoms with Crippen molar-refractivity contribution < 1.29 is 9.53 Å². The first kappa shape index (κ1) is 17.4. The van der Waals surface area contributed by atoms with Crippen LogP contribution in [-0.4, -0.2) is 30.3 Å². The standard InChI is InChI=1S/C20H20N4O2/c1-24(14-15-8-4-3-5-9-15)19-13-12-18(22-23-19)21-20(25)16-10-6-7-11-17(16)26-2/h3-13H,14H2,1-2H3,(H,21,22,25). The highest BCUT2D eigenvalue weighted by molar-refractivity contribution is 6.05. The van der Waals surface area contributed by atoms with Gasteiger partial charge in [-0.1, -0.05) is 42.5 Å². The van der Waals surface area contributed by atoms with Crippen molar-refractivity contribution in [1.82, 2.24) is 10.2 Å². The van der Waals surface area contributed by atoms with Crippen molar-refractivity contribution in [3.8, 4) is 5.75 Å². The maximum atomic E-state index is 12.4. The zero-order valence-electron chi connectivity index (χ0n) is 14.7. The van der Waals surface area contributed by atoms with Gasteiger partial charge in [-0.15, -0.1) is 10.2 Å². The average molecular weight is 348 g/mol. The van der Waals surface area contributed by atoms with Crippen LogP contribution in [0.2, 0.25) is 0 Å². The van der Waals surface area contributed by atoms with Gasteiger partial charge in [0.1, 0.15) is 5.75 Å². The van der Waals surface area contributed by atoms with E-state index in [1.54, 1.807) is 24.3 Å². The van der Waals surface area contributed by atoms with Crippen molar-refractivity contribution in [3.05, 3.63) is 77.9 Å². The van der Waals surface area contributed by atoms with Gasteiger partial charge in [0.2, 0.25) is 0 Å². The molecule has 2 aromatic carbocycles. The molecule has 0 saturated carbocycles. The quantitative estimate of drug-likeness (QED) is 0.740. The topological polar surface area (TPSA) is 67.3 Å². The Morgan fingerprint density at radius 3 is 2.42 bits per heavy atom.